The minimum Gasteiger partial charge on any atom is -0.393 e. The summed E-state index contributed by atoms with van der Waals surface area (Å²) in [5.74, 6) is 0.229. The Bertz CT molecular complexity index is 622. The van der Waals surface area contributed by atoms with Gasteiger partial charge < -0.3 is 5.11 Å². The van der Waals surface area contributed by atoms with Crippen molar-refractivity contribution in [1.29, 1.82) is 0 Å². The van der Waals surface area contributed by atoms with Crippen LogP contribution in [0.1, 0.15) is 45.1 Å². The fourth-order valence-corrected chi connectivity index (χ4v) is 4.32. The maximum Gasteiger partial charge on any atom is 0.165 e. The second kappa shape index (κ2) is 5.62. The van der Waals surface area contributed by atoms with Crippen LogP contribution < -0.4 is 0 Å². The number of aliphatic hydroxyl groups is 1. The largest absolute Gasteiger partial charge is 0.393 e. The third-order valence-corrected chi connectivity index (χ3v) is 5.79. The molecule has 2 aliphatic rings. The molecule has 3 heteroatoms. The first-order valence-electron chi connectivity index (χ1n) is 8.11. The molecule has 0 aromatic heterocycles. The molecule has 1 aromatic carbocycles. The molecule has 4 atom stereocenters. The summed E-state index contributed by atoms with van der Waals surface area (Å²) < 4.78 is 13.8. The van der Waals surface area contributed by atoms with E-state index in [-0.39, 0.29) is 29.5 Å². The van der Waals surface area contributed by atoms with Crippen LogP contribution in [-0.2, 0) is 4.79 Å². The van der Waals surface area contributed by atoms with Gasteiger partial charge in [0.25, 0.3) is 0 Å². The number of benzene rings is 1. The fraction of sp³-hybridized carbons (Fsp3) is 0.526. The molecular weight excluding hydrogens is 279 g/mol. The van der Waals surface area contributed by atoms with Crippen molar-refractivity contribution in [2.75, 3.05) is 0 Å². The number of rotatable bonds is 1. The Kier molecular flexibility index (Phi) is 3.94. The second-order valence-electron chi connectivity index (χ2n) is 7.05. The van der Waals surface area contributed by atoms with Crippen molar-refractivity contribution < 1.29 is 14.3 Å². The maximum atomic E-state index is 13.8. The number of aliphatic hydroxyl groups excluding tert-OH is 1. The van der Waals surface area contributed by atoms with Gasteiger partial charge in [0.1, 0.15) is 5.82 Å². The van der Waals surface area contributed by atoms with E-state index in [4.69, 9.17) is 0 Å². The summed E-state index contributed by atoms with van der Waals surface area (Å²) in [6.07, 6.45) is 4.37. The predicted molar refractivity (Wildman–Crippen MR) is 84.6 cm³/mol. The van der Waals surface area contributed by atoms with Gasteiger partial charge in [-0.15, -0.1) is 0 Å². The highest BCUT2D eigenvalue weighted by Crippen LogP contribution is 2.52. The van der Waals surface area contributed by atoms with Gasteiger partial charge in [-0.05, 0) is 55.2 Å². The maximum absolute atomic E-state index is 13.8. The van der Waals surface area contributed by atoms with E-state index in [1.165, 1.54) is 6.07 Å². The molecule has 0 saturated heterocycles. The van der Waals surface area contributed by atoms with E-state index in [1.54, 1.807) is 24.3 Å². The number of ketones is 1. The van der Waals surface area contributed by atoms with Gasteiger partial charge in [-0.25, -0.2) is 4.39 Å². The molecule has 0 spiro atoms. The highest BCUT2D eigenvalue weighted by Gasteiger charge is 2.51. The number of halogens is 1. The Morgan fingerprint density at radius 2 is 2.05 bits per heavy atom. The number of carbonyl (C=O) groups excluding carboxylic acids is 1. The minimum absolute atomic E-state index is 0.144. The Hall–Kier alpha value is -1.48. The number of hydrogen-bond donors (Lipinski definition) is 1. The van der Waals surface area contributed by atoms with Crippen LogP contribution in [0.3, 0.4) is 0 Å². The van der Waals surface area contributed by atoms with E-state index < -0.39 is 5.41 Å². The zero-order valence-corrected chi connectivity index (χ0v) is 13.2. The third-order valence-electron chi connectivity index (χ3n) is 5.79. The van der Waals surface area contributed by atoms with Gasteiger partial charge in [-0.3, -0.25) is 4.79 Å². The molecule has 0 bridgehead atoms. The molecule has 2 unspecified atom stereocenters. The van der Waals surface area contributed by atoms with Crippen molar-refractivity contribution in [3.05, 3.63) is 41.2 Å². The van der Waals surface area contributed by atoms with Crippen molar-refractivity contribution in [2.45, 2.75) is 45.6 Å². The summed E-state index contributed by atoms with van der Waals surface area (Å²) >= 11 is 0. The summed E-state index contributed by atoms with van der Waals surface area (Å²) in [6, 6.07) is 6.56. The Balaban J connectivity index is 1.93. The van der Waals surface area contributed by atoms with Crippen LogP contribution in [0.15, 0.2) is 29.8 Å². The standard InChI is InChI=1S/C19H23FO2/c1-12-15-8-7-14(11-13-5-3-4-6-16(13)20)18(22)19(15,2)10-9-17(12)21/h3-6,11-12,15,17,21H,7-10H2,1-2H3/b14-11-/t12-,15?,17?,19-/m0/s1. The highest BCUT2D eigenvalue weighted by molar-refractivity contribution is 6.04. The SMILES string of the molecule is C[C@@H]1C(O)CC[C@]2(C)C(=O)/C(=C\c3ccccc3F)CCC12. The summed E-state index contributed by atoms with van der Waals surface area (Å²) in [6.45, 7) is 4.07. The average Bonchev–Trinajstić information content (AvgIpc) is 2.50. The van der Waals surface area contributed by atoms with Gasteiger partial charge in [0.2, 0.25) is 0 Å². The van der Waals surface area contributed by atoms with Crippen molar-refractivity contribution >= 4 is 11.9 Å². The molecule has 118 valence electrons. The van der Waals surface area contributed by atoms with Crippen LogP contribution in [0.25, 0.3) is 6.08 Å². The molecule has 22 heavy (non-hydrogen) atoms. The van der Waals surface area contributed by atoms with E-state index in [2.05, 4.69) is 0 Å². The van der Waals surface area contributed by atoms with Gasteiger partial charge in [0, 0.05) is 11.0 Å². The molecule has 3 rings (SSSR count). The van der Waals surface area contributed by atoms with E-state index in [9.17, 15) is 14.3 Å². The third kappa shape index (κ3) is 2.41. The molecule has 1 N–H and O–H groups in total. The molecular formula is C19H23FO2. The number of allylic oxidation sites excluding steroid dienone is 1. The molecule has 2 saturated carbocycles. The predicted octanol–water partition coefficient (Wildman–Crippen LogP) is 3.99. The minimum atomic E-state index is -0.409. The van der Waals surface area contributed by atoms with Crippen molar-refractivity contribution in [3.63, 3.8) is 0 Å². The van der Waals surface area contributed by atoms with Crippen LogP contribution in [0.4, 0.5) is 4.39 Å². The van der Waals surface area contributed by atoms with Gasteiger partial charge in [-0.2, -0.15) is 0 Å². The molecule has 2 fully saturated rings. The van der Waals surface area contributed by atoms with Crippen LogP contribution in [0.5, 0.6) is 0 Å². The first-order chi connectivity index (χ1) is 10.4. The number of Topliss-reactive ketones (excluding diaryl/α,β-unsaturated/α-hetero) is 1. The Morgan fingerprint density at radius 1 is 1.32 bits per heavy atom. The number of fused-ring (bicyclic) bond motifs is 1. The van der Waals surface area contributed by atoms with E-state index in [0.717, 1.165) is 18.4 Å². The molecule has 2 aliphatic carbocycles. The molecule has 0 amide bonds. The molecule has 2 nitrogen and oxygen atoms in total. The number of hydrogen-bond acceptors (Lipinski definition) is 2. The van der Waals surface area contributed by atoms with Crippen LogP contribution in [-0.4, -0.2) is 17.0 Å². The van der Waals surface area contributed by atoms with Gasteiger partial charge in [0.05, 0.1) is 6.10 Å². The van der Waals surface area contributed by atoms with Gasteiger partial charge >= 0.3 is 0 Å². The lowest BCUT2D eigenvalue weighted by Gasteiger charge is -2.49. The van der Waals surface area contributed by atoms with E-state index >= 15 is 0 Å². The van der Waals surface area contributed by atoms with Gasteiger partial charge in [-0.1, -0.05) is 32.0 Å². The molecule has 0 heterocycles. The zero-order valence-electron chi connectivity index (χ0n) is 13.2. The topological polar surface area (TPSA) is 37.3 Å². The fourth-order valence-electron chi connectivity index (χ4n) is 4.32. The normalized spacial score (nSPS) is 37.2. The first-order valence-corrected chi connectivity index (χ1v) is 8.11. The lowest BCUT2D eigenvalue weighted by atomic mass is 9.55. The average molecular weight is 302 g/mol. The van der Waals surface area contributed by atoms with E-state index in [1.807, 2.05) is 13.8 Å². The number of carbonyl (C=O) groups is 1. The van der Waals surface area contributed by atoms with Crippen molar-refractivity contribution in [3.8, 4) is 0 Å². The Morgan fingerprint density at radius 3 is 2.77 bits per heavy atom. The van der Waals surface area contributed by atoms with Gasteiger partial charge in [0.15, 0.2) is 5.78 Å². The zero-order chi connectivity index (χ0) is 15.9. The summed E-state index contributed by atoms with van der Waals surface area (Å²) in [5, 5.41) is 10.1. The second-order valence-corrected chi connectivity index (χ2v) is 7.05. The summed E-state index contributed by atoms with van der Waals surface area (Å²) in [5.41, 5.74) is 0.804. The van der Waals surface area contributed by atoms with E-state index in [0.29, 0.717) is 18.4 Å². The molecule has 1 aromatic rings. The smallest absolute Gasteiger partial charge is 0.165 e. The highest BCUT2D eigenvalue weighted by atomic mass is 19.1. The van der Waals surface area contributed by atoms with Crippen LogP contribution in [0, 0.1) is 23.1 Å². The molecule has 0 aliphatic heterocycles. The summed E-state index contributed by atoms with van der Waals surface area (Å²) in [7, 11) is 0. The Labute approximate surface area is 131 Å². The van der Waals surface area contributed by atoms with Crippen molar-refractivity contribution in [2.24, 2.45) is 17.3 Å². The van der Waals surface area contributed by atoms with Crippen molar-refractivity contribution in [1.82, 2.24) is 0 Å². The lowest BCUT2D eigenvalue weighted by molar-refractivity contribution is -0.137. The van der Waals surface area contributed by atoms with Crippen LogP contribution in [0.2, 0.25) is 0 Å². The molecule has 0 radical (unpaired) electrons. The lowest BCUT2D eigenvalue weighted by Crippen LogP contribution is -2.50. The van der Waals surface area contributed by atoms with Crippen LogP contribution >= 0.6 is 0 Å². The monoisotopic (exact) mass is 302 g/mol. The summed E-state index contributed by atoms with van der Waals surface area (Å²) in [4.78, 5) is 13.0. The first kappa shape index (κ1) is 15.4. The quantitative estimate of drug-likeness (QED) is 0.797.